The summed E-state index contributed by atoms with van der Waals surface area (Å²) >= 11 is 0.803. The number of nitrogens with two attached hydrogens (primary N) is 2. The number of primary amides is 1. The molecule has 39 heavy (non-hydrogen) atoms. The molecule has 9 nitrogen and oxygen atoms in total. The molecule has 1 aliphatic carbocycles. The van der Waals surface area contributed by atoms with Gasteiger partial charge in [0.05, 0.1) is 5.69 Å². The first kappa shape index (κ1) is 26.4. The van der Waals surface area contributed by atoms with Crippen molar-refractivity contribution in [2.75, 3.05) is 10.6 Å². The second-order valence-electron chi connectivity index (χ2n) is 10.2. The van der Waals surface area contributed by atoms with E-state index in [0.717, 1.165) is 65.7 Å². The lowest BCUT2D eigenvalue weighted by molar-refractivity contribution is -0.123. The molecule has 3 amide bonds. The van der Waals surface area contributed by atoms with Crippen molar-refractivity contribution in [2.45, 2.75) is 58.0 Å². The number of aromatic amines is 1. The van der Waals surface area contributed by atoms with Crippen LogP contribution < -0.4 is 21.7 Å². The summed E-state index contributed by atoms with van der Waals surface area (Å²) in [5.41, 5.74) is 15.3. The molecule has 0 aliphatic heterocycles. The van der Waals surface area contributed by atoms with Gasteiger partial charge in [-0.25, -0.2) is 0 Å². The van der Waals surface area contributed by atoms with Crippen molar-refractivity contribution < 1.29 is 14.4 Å². The maximum atomic E-state index is 14.4. The Morgan fingerprint density at radius 1 is 1.08 bits per heavy atom. The predicted molar refractivity (Wildman–Crippen MR) is 154 cm³/mol. The van der Waals surface area contributed by atoms with Gasteiger partial charge in [0.15, 0.2) is 5.69 Å². The van der Waals surface area contributed by atoms with Gasteiger partial charge in [-0.1, -0.05) is 43.5 Å². The number of aromatic nitrogens is 2. The third-order valence-corrected chi connectivity index (χ3v) is 8.08. The minimum atomic E-state index is -1.02. The summed E-state index contributed by atoms with van der Waals surface area (Å²) in [5.74, 6) is -1.63. The number of carbonyl (C=O) groups is 3. The Kier molecular flexibility index (Phi) is 7.38. The number of anilines is 2. The molecule has 202 valence electrons. The average Bonchev–Trinajstić information content (AvgIpc) is 3.50. The molecule has 2 heterocycles. The van der Waals surface area contributed by atoms with Crippen molar-refractivity contribution in [3.63, 3.8) is 0 Å². The minimum absolute atomic E-state index is 0.0325. The van der Waals surface area contributed by atoms with Gasteiger partial charge in [0.25, 0.3) is 11.8 Å². The van der Waals surface area contributed by atoms with Gasteiger partial charge in [0, 0.05) is 34.4 Å². The molecule has 0 saturated heterocycles. The van der Waals surface area contributed by atoms with Gasteiger partial charge in [0.2, 0.25) is 5.91 Å². The van der Waals surface area contributed by atoms with E-state index in [1.807, 2.05) is 56.3 Å². The Morgan fingerprint density at radius 3 is 2.44 bits per heavy atom. The minimum Gasteiger partial charge on any atom is -0.395 e. The number of para-hydroxylation sites is 1. The van der Waals surface area contributed by atoms with Crippen LogP contribution >= 0.6 is 11.5 Å². The first-order valence-corrected chi connectivity index (χ1v) is 13.8. The molecule has 1 aliphatic rings. The standard InChI is InChI=1S/C29H32N6O3S/c1-16-12-17(2)14-19(13-16)35(29(38)26-23(30)24(27(31)36)34-39-26)25(28(37)33-18-8-4-3-5-9-18)21-15-32-22-11-7-6-10-20(21)22/h6-7,10-15,18,25,32H,3-5,8-9,30H2,1-2H3,(H2,31,36)(H,33,37). The molecule has 1 atom stereocenters. The highest BCUT2D eigenvalue weighted by Crippen LogP contribution is 2.37. The van der Waals surface area contributed by atoms with E-state index in [1.54, 1.807) is 6.20 Å². The van der Waals surface area contributed by atoms with Crippen molar-refractivity contribution in [1.82, 2.24) is 14.7 Å². The number of rotatable bonds is 7. The number of nitrogens with zero attached hydrogens (tertiary/aromatic N) is 2. The number of nitrogen functional groups attached to an aromatic ring is 1. The molecule has 4 aromatic rings. The second kappa shape index (κ2) is 10.9. The van der Waals surface area contributed by atoms with E-state index < -0.39 is 17.9 Å². The highest BCUT2D eigenvalue weighted by atomic mass is 32.1. The molecule has 0 spiro atoms. The predicted octanol–water partition coefficient (Wildman–Crippen LogP) is 4.76. The van der Waals surface area contributed by atoms with Crippen molar-refractivity contribution >= 4 is 51.5 Å². The van der Waals surface area contributed by atoms with Crippen LogP contribution in [-0.2, 0) is 4.79 Å². The fourth-order valence-electron chi connectivity index (χ4n) is 5.46. The first-order valence-electron chi connectivity index (χ1n) is 13.1. The summed E-state index contributed by atoms with van der Waals surface area (Å²) in [6.45, 7) is 3.88. The molecular weight excluding hydrogens is 512 g/mol. The second-order valence-corrected chi connectivity index (χ2v) is 11.0. The van der Waals surface area contributed by atoms with Crippen molar-refractivity contribution in [1.29, 1.82) is 0 Å². The molecule has 6 N–H and O–H groups in total. The summed E-state index contributed by atoms with van der Waals surface area (Å²) < 4.78 is 4.05. The third-order valence-electron chi connectivity index (χ3n) is 7.23. The molecule has 1 unspecified atom stereocenters. The zero-order chi connectivity index (χ0) is 27.7. The first-order chi connectivity index (χ1) is 18.7. The van der Waals surface area contributed by atoms with E-state index in [4.69, 9.17) is 11.5 Å². The SMILES string of the molecule is Cc1cc(C)cc(N(C(=O)c2snc(C(N)=O)c2N)C(C(=O)NC2CCCCC2)c2c[nH]c3ccccc23)c1. The van der Waals surface area contributed by atoms with Gasteiger partial charge in [0.1, 0.15) is 10.9 Å². The van der Waals surface area contributed by atoms with E-state index >= 15 is 0 Å². The molecule has 1 fully saturated rings. The quantitative estimate of drug-likeness (QED) is 0.265. The Morgan fingerprint density at radius 2 is 1.77 bits per heavy atom. The fraction of sp³-hybridized carbons (Fsp3) is 0.310. The zero-order valence-electron chi connectivity index (χ0n) is 22.0. The van der Waals surface area contributed by atoms with E-state index in [-0.39, 0.29) is 28.2 Å². The normalized spacial score (nSPS) is 14.7. The number of benzene rings is 2. The van der Waals surface area contributed by atoms with Gasteiger partial charge >= 0.3 is 0 Å². The number of hydrogen-bond donors (Lipinski definition) is 4. The van der Waals surface area contributed by atoms with Gasteiger partial charge < -0.3 is 21.8 Å². The average molecular weight is 545 g/mol. The molecular formula is C29H32N6O3S. The number of H-pyrrole nitrogens is 1. The largest absolute Gasteiger partial charge is 0.395 e. The number of fused-ring (bicyclic) bond motifs is 1. The monoisotopic (exact) mass is 544 g/mol. The Labute approximate surface area is 230 Å². The zero-order valence-corrected chi connectivity index (χ0v) is 22.8. The number of amides is 3. The smallest absolute Gasteiger partial charge is 0.273 e. The highest BCUT2D eigenvalue weighted by Gasteiger charge is 2.38. The Hall–Kier alpha value is -4.18. The van der Waals surface area contributed by atoms with Crippen molar-refractivity contribution in [2.24, 2.45) is 5.73 Å². The topological polar surface area (TPSA) is 147 Å². The number of aryl methyl sites for hydroxylation is 2. The summed E-state index contributed by atoms with van der Waals surface area (Å²) in [6.07, 6.45) is 6.83. The van der Waals surface area contributed by atoms with Gasteiger partial charge in [-0.2, -0.15) is 4.37 Å². The molecule has 2 aromatic carbocycles. The van der Waals surface area contributed by atoms with E-state index in [0.29, 0.717) is 11.3 Å². The van der Waals surface area contributed by atoms with E-state index in [9.17, 15) is 14.4 Å². The van der Waals surface area contributed by atoms with Crippen LogP contribution in [0.25, 0.3) is 10.9 Å². The molecule has 0 radical (unpaired) electrons. The van der Waals surface area contributed by atoms with Crippen molar-refractivity contribution in [3.05, 3.63) is 75.9 Å². The van der Waals surface area contributed by atoms with Crippen LogP contribution in [0.5, 0.6) is 0 Å². The van der Waals surface area contributed by atoms with Crippen LogP contribution in [0.1, 0.15) is 75.0 Å². The van der Waals surface area contributed by atoms with Gasteiger partial charge in [-0.05, 0) is 67.5 Å². The molecule has 0 bridgehead atoms. The lowest BCUT2D eigenvalue weighted by Gasteiger charge is -2.33. The van der Waals surface area contributed by atoms with E-state index in [2.05, 4.69) is 14.7 Å². The number of nitrogens with one attached hydrogen (secondary N) is 2. The molecule has 2 aromatic heterocycles. The number of carbonyl (C=O) groups excluding carboxylic acids is 3. The van der Waals surface area contributed by atoms with Crippen LogP contribution in [0.2, 0.25) is 0 Å². The van der Waals surface area contributed by atoms with Crippen LogP contribution in [0.3, 0.4) is 0 Å². The van der Waals surface area contributed by atoms with Crippen LogP contribution in [0.15, 0.2) is 48.7 Å². The van der Waals surface area contributed by atoms with Crippen LogP contribution in [0, 0.1) is 13.8 Å². The summed E-state index contributed by atoms with van der Waals surface area (Å²) in [4.78, 5) is 45.3. The van der Waals surface area contributed by atoms with Crippen molar-refractivity contribution in [3.8, 4) is 0 Å². The maximum Gasteiger partial charge on any atom is 0.273 e. The Bertz CT molecular complexity index is 1530. The lowest BCUT2D eigenvalue weighted by atomic mass is 9.94. The van der Waals surface area contributed by atoms with Gasteiger partial charge in [-0.15, -0.1) is 0 Å². The maximum absolute atomic E-state index is 14.4. The fourth-order valence-corrected chi connectivity index (χ4v) is 6.20. The van der Waals surface area contributed by atoms with Crippen LogP contribution in [-0.4, -0.2) is 33.1 Å². The van der Waals surface area contributed by atoms with Crippen LogP contribution in [0.4, 0.5) is 11.4 Å². The summed E-state index contributed by atoms with van der Waals surface area (Å²) in [6, 6.07) is 12.4. The Balaban J connectivity index is 1.70. The lowest BCUT2D eigenvalue weighted by Crippen LogP contribution is -2.47. The molecule has 1 saturated carbocycles. The highest BCUT2D eigenvalue weighted by molar-refractivity contribution is 7.09. The molecule has 10 heteroatoms. The van der Waals surface area contributed by atoms with E-state index in [1.165, 1.54) is 4.90 Å². The number of hydrogen-bond acceptors (Lipinski definition) is 6. The van der Waals surface area contributed by atoms with Gasteiger partial charge in [-0.3, -0.25) is 19.3 Å². The molecule has 5 rings (SSSR count). The third kappa shape index (κ3) is 5.24. The summed E-state index contributed by atoms with van der Waals surface area (Å²) in [5, 5.41) is 4.06. The summed E-state index contributed by atoms with van der Waals surface area (Å²) in [7, 11) is 0.